The zero-order chi connectivity index (χ0) is 14.6. The lowest BCUT2D eigenvalue weighted by Gasteiger charge is -2.17. The monoisotopic (exact) mass is 277 g/mol. The third kappa shape index (κ3) is 6.60. The first-order valence-electron chi connectivity index (χ1n) is 7.77. The number of nitrogens with one attached hydrogen (secondary N) is 1. The van der Waals surface area contributed by atoms with Gasteiger partial charge in [0.05, 0.1) is 0 Å². The molecule has 1 N–H and O–H groups in total. The summed E-state index contributed by atoms with van der Waals surface area (Å²) < 4.78 is 5.71. The topological polar surface area (TPSA) is 38.3 Å². The summed E-state index contributed by atoms with van der Waals surface area (Å²) >= 11 is 0. The van der Waals surface area contributed by atoms with Gasteiger partial charge in [0.2, 0.25) is 0 Å². The van der Waals surface area contributed by atoms with Crippen molar-refractivity contribution >= 4 is 5.91 Å². The Bertz CT molecular complexity index is 365. The summed E-state index contributed by atoms with van der Waals surface area (Å²) in [6.45, 7) is 4.92. The van der Waals surface area contributed by atoms with Gasteiger partial charge in [-0.1, -0.05) is 57.7 Å². The fraction of sp³-hybridized carbons (Fsp3) is 0.588. The Kier molecular flexibility index (Phi) is 8.52. The highest BCUT2D eigenvalue weighted by Gasteiger charge is 2.17. The molecule has 0 fully saturated rings. The number of carbonyl (C=O) groups is 1. The Morgan fingerprint density at radius 2 is 1.80 bits per heavy atom. The molecular weight excluding hydrogens is 250 g/mol. The van der Waals surface area contributed by atoms with Crippen molar-refractivity contribution in [2.45, 2.75) is 58.5 Å². The van der Waals surface area contributed by atoms with Crippen LogP contribution >= 0.6 is 0 Å². The van der Waals surface area contributed by atoms with Crippen LogP contribution in [0.3, 0.4) is 0 Å². The first kappa shape index (κ1) is 16.5. The van der Waals surface area contributed by atoms with E-state index in [-0.39, 0.29) is 5.91 Å². The predicted molar refractivity (Wildman–Crippen MR) is 82.9 cm³/mol. The molecule has 0 heterocycles. The first-order valence-corrected chi connectivity index (χ1v) is 7.77. The number of unbranched alkanes of at least 4 members (excludes halogenated alkanes) is 4. The van der Waals surface area contributed by atoms with Crippen LogP contribution in [0, 0.1) is 0 Å². The average Bonchev–Trinajstić information content (AvgIpc) is 2.49. The van der Waals surface area contributed by atoms with Crippen LogP contribution in [0.1, 0.15) is 52.4 Å². The number of carbonyl (C=O) groups excluding carboxylic acids is 1. The number of rotatable bonds is 10. The second-order valence-electron chi connectivity index (χ2n) is 5.03. The van der Waals surface area contributed by atoms with Crippen LogP contribution in [0.5, 0.6) is 5.75 Å². The molecular formula is C17H27NO2. The van der Waals surface area contributed by atoms with E-state index >= 15 is 0 Å². The largest absolute Gasteiger partial charge is 0.481 e. The molecule has 1 rings (SSSR count). The summed E-state index contributed by atoms with van der Waals surface area (Å²) in [7, 11) is 0. The molecule has 0 radical (unpaired) electrons. The third-order valence-electron chi connectivity index (χ3n) is 3.26. The van der Waals surface area contributed by atoms with Gasteiger partial charge in [-0.25, -0.2) is 0 Å². The number of para-hydroxylation sites is 1. The molecule has 0 aliphatic carbocycles. The maximum Gasteiger partial charge on any atom is 0.261 e. The van der Waals surface area contributed by atoms with E-state index in [0.29, 0.717) is 6.42 Å². The number of amides is 1. The van der Waals surface area contributed by atoms with Crippen molar-refractivity contribution in [3.8, 4) is 5.75 Å². The van der Waals surface area contributed by atoms with Crippen LogP contribution in [-0.2, 0) is 4.79 Å². The van der Waals surface area contributed by atoms with Gasteiger partial charge in [-0.15, -0.1) is 0 Å². The molecule has 1 atom stereocenters. The van der Waals surface area contributed by atoms with E-state index in [4.69, 9.17) is 4.74 Å². The van der Waals surface area contributed by atoms with Gasteiger partial charge in [0, 0.05) is 6.54 Å². The molecule has 20 heavy (non-hydrogen) atoms. The lowest BCUT2D eigenvalue weighted by atomic mass is 10.1. The van der Waals surface area contributed by atoms with Crippen molar-refractivity contribution in [1.29, 1.82) is 0 Å². The molecule has 0 aliphatic heterocycles. The van der Waals surface area contributed by atoms with Crippen LogP contribution in [0.15, 0.2) is 30.3 Å². The van der Waals surface area contributed by atoms with E-state index in [1.807, 2.05) is 37.3 Å². The fourth-order valence-electron chi connectivity index (χ4n) is 2.04. The molecule has 1 amide bonds. The Hall–Kier alpha value is -1.51. The van der Waals surface area contributed by atoms with Gasteiger partial charge in [-0.3, -0.25) is 4.79 Å². The molecule has 1 unspecified atom stereocenters. The van der Waals surface area contributed by atoms with Crippen molar-refractivity contribution in [2.75, 3.05) is 6.54 Å². The van der Waals surface area contributed by atoms with Crippen LogP contribution in [0.2, 0.25) is 0 Å². The number of hydrogen-bond donors (Lipinski definition) is 1. The maximum absolute atomic E-state index is 12.0. The summed E-state index contributed by atoms with van der Waals surface area (Å²) in [6.07, 6.45) is 6.30. The number of ether oxygens (including phenoxy) is 1. The Morgan fingerprint density at radius 3 is 2.45 bits per heavy atom. The molecule has 1 aromatic carbocycles. The van der Waals surface area contributed by atoms with E-state index in [9.17, 15) is 4.79 Å². The SMILES string of the molecule is CCCCCCCNC(=O)C(CC)Oc1ccccc1. The highest BCUT2D eigenvalue weighted by atomic mass is 16.5. The van der Waals surface area contributed by atoms with E-state index < -0.39 is 6.10 Å². The molecule has 0 aliphatic rings. The van der Waals surface area contributed by atoms with E-state index in [1.54, 1.807) is 0 Å². The Balaban J connectivity index is 2.25. The third-order valence-corrected chi connectivity index (χ3v) is 3.26. The quantitative estimate of drug-likeness (QED) is 0.658. The fourth-order valence-corrected chi connectivity index (χ4v) is 2.04. The summed E-state index contributed by atoms with van der Waals surface area (Å²) in [6, 6.07) is 9.51. The second-order valence-corrected chi connectivity index (χ2v) is 5.03. The maximum atomic E-state index is 12.0. The average molecular weight is 277 g/mol. The normalized spacial score (nSPS) is 11.9. The molecule has 0 saturated carbocycles. The summed E-state index contributed by atoms with van der Waals surface area (Å²) in [5.41, 5.74) is 0. The van der Waals surface area contributed by atoms with Gasteiger partial charge in [-0.2, -0.15) is 0 Å². The highest BCUT2D eigenvalue weighted by molar-refractivity contribution is 5.81. The van der Waals surface area contributed by atoms with Crippen molar-refractivity contribution < 1.29 is 9.53 Å². The van der Waals surface area contributed by atoms with Crippen molar-refractivity contribution in [3.63, 3.8) is 0 Å². The molecule has 112 valence electrons. The van der Waals surface area contributed by atoms with Crippen molar-refractivity contribution in [1.82, 2.24) is 5.32 Å². The van der Waals surface area contributed by atoms with Gasteiger partial charge in [0.15, 0.2) is 6.10 Å². The lowest BCUT2D eigenvalue weighted by Crippen LogP contribution is -2.38. The summed E-state index contributed by atoms with van der Waals surface area (Å²) in [4.78, 5) is 12.0. The zero-order valence-corrected chi connectivity index (χ0v) is 12.7. The minimum Gasteiger partial charge on any atom is -0.481 e. The summed E-state index contributed by atoms with van der Waals surface area (Å²) in [5.74, 6) is 0.740. The molecule has 3 nitrogen and oxygen atoms in total. The lowest BCUT2D eigenvalue weighted by molar-refractivity contribution is -0.128. The number of hydrogen-bond acceptors (Lipinski definition) is 2. The van der Waals surface area contributed by atoms with Gasteiger partial charge in [-0.05, 0) is 25.0 Å². The van der Waals surface area contributed by atoms with Gasteiger partial charge in [0.25, 0.3) is 5.91 Å². The van der Waals surface area contributed by atoms with Crippen LogP contribution < -0.4 is 10.1 Å². The minimum atomic E-state index is -0.395. The van der Waals surface area contributed by atoms with E-state index in [0.717, 1.165) is 18.7 Å². The Labute approximate surface area is 122 Å². The molecule has 0 saturated heterocycles. The first-order chi connectivity index (χ1) is 9.77. The molecule has 0 bridgehead atoms. The van der Waals surface area contributed by atoms with E-state index in [1.165, 1.54) is 25.7 Å². The summed E-state index contributed by atoms with van der Waals surface area (Å²) in [5, 5.41) is 2.97. The Morgan fingerprint density at radius 1 is 1.10 bits per heavy atom. The molecule has 0 aromatic heterocycles. The van der Waals surface area contributed by atoms with Crippen molar-refractivity contribution in [3.05, 3.63) is 30.3 Å². The van der Waals surface area contributed by atoms with Gasteiger partial charge in [0.1, 0.15) is 5.75 Å². The zero-order valence-electron chi connectivity index (χ0n) is 12.7. The molecule has 1 aromatic rings. The van der Waals surface area contributed by atoms with Gasteiger partial charge >= 0.3 is 0 Å². The highest BCUT2D eigenvalue weighted by Crippen LogP contribution is 2.12. The van der Waals surface area contributed by atoms with Crippen LogP contribution in [0.25, 0.3) is 0 Å². The molecule has 0 spiro atoms. The predicted octanol–water partition coefficient (Wildman–Crippen LogP) is 3.93. The molecule has 3 heteroatoms. The van der Waals surface area contributed by atoms with Gasteiger partial charge < -0.3 is 10.1 Å². The van der Waals surface area contributed by atoms with E-state index in [2.05, 4.69) is 12.2 Å². The van der Waals surface area contributed by atoms with Crippen LogP contribution in [-0.4, -0.2) is 18.6 Å². The number of benzene rings is 1. The van der Waals surface area contributed by atoms with Crippen LogP contribution in [0.4, 0.5) is 0 Å². The standard InChI is InChI=1S/C17H27NO2/c1-3-5-6-7-11-14-18-17(19)16(4-2)20-15-12-9-8-10-13-15/h8-10,12-13,16H,3-7,11,14H2,1-2H3,(H,18,19). The second kappa shape index (κ2) is 10.3. The van der Waals surface area contributed by atoms with Crippen molar-refractivity contribution in [2.24, 2.45) is 0 Å². The smallest absolute Gasteiger partial charge is 0.261 e. The minimum absolute atomic E-state index is 0.00755.